The number of ether oxygens (including phenoxy) is 1. The maximum atomic E-state index is 12.9. The van der Waals surface area contributed by atoms with Gasteiger partial charge in [-0.2, -0.15) is 5.26 Å². The van der Waals surface area contributed by atoms with Gasteiger partial charge in [0.05, 0.1) is 31.0 Å². The standard InChI is InChI=1S/C18H23N3O2S/c19-6-3-7-21(9-8-20-10-12-23-13-11-20)18(22)17-14-15-4-1-2-5-16(15)24-17/h1-2,4-5,17H,3,7-14H2/t17-/m1/s1. The number of thioether (sulfide) groups is 1. The number of morpholine rings is 1. The summed E-state index contributed by atoms with van der Waals surface area (Å²) in [6, 6.07) is 10.4. The van der Waals surface area contributed by atoms with Gasteiger partial charge in [0.1, 0.15) is 0 Å². The van der Waals surface area contributed by atoms with Crippen molar-refractivity contribution in [3.63, 3.8) is 0 Å². The minimum absolute atomic E-state index is 0.0502. The van der Waals surface area contributed by atoms with E-state index in [-0.39, 0.29) is 11.2 Å². The molecule has 0 N–H and O–H groups in total. The molecule has 2 aliphatic rings. The molecule has 2 aliphatic heterocycles. The molecule has 1 amide bonds. The topological polar surface area (TPSA) is 56.6 Å². The van der Waals surface area contributed by atoms with Crippen LogP contribution in [-0.4, -0.2) is 66.9 Å². The van der Waals surface area contributed by atoms with Crippen molar-refractivity contribution in [2.45, 2.75) is 23.0 Å². The predicted molar refractivity (Wildman–Crippen MR) is 93.9 cm³/mol. The Morgan fingerprint density at radius 2 is 2.12 bits per heavy atom. The molecule has 0 radical (unpaired) electrons. The Hall–Kier alpha value is -1.55. The van der Waals surface area contributed by atoms with Crippen molar-refractivity contribution >= 4 is 17.7 Å². The molecule has 1 fully saturated rings. The fourth-order valence-corrected chi connectivity index (χ4v) is 4.41. The van der Waals surface area contributed by atoms with E-state index >= 15 is 0 Å². The van der Waals surface area contributed by atoms with Crippen molar-refractivity contribution in [1.29, 1.82) is 5.26 Å². The molecule has 3 rings (SSSR count). The minimum atomic E-state index is -0.0502. The molecule has 1 aromatic carbocycles. The van der Waals surface area contributed by atoms with E-state index in [0.717, 1.165) is 39.3 Å². The third-order valence-corrected chi connectivity index (χ3v) is 5.82. The number of carbonyl (C=O) groups excluding carboxylic acids is 1. The van der Waals surface area contributed by atoms with Crippen LogP contribution in [0.4, 0.5) is 0 Å². The highest BCUT2D eigenvalue weighted by Crippen LogP contribution is 2.37. The molecule has 0 bridgehead atoms. The summed E-state index contributed by atoms with van der Waals surface area (Å²) in [5.41, 5.74) is 1.26. The molecular weight excluding hydrogens is 322 g/mol. The van der Waals surface area contributed by atoms with E-state index in [1.165, 1.54) is 10.5 Å². The number of hydrogen-bond acceptors (Lipinski definition) is 5. The molecule has 1 saturated heterocycles. The van der Waals surface area contributed by atoms with Crippen LogP contribution in [0.2, 0.25) is 0 Å². The molecule has 6 heteroatoms. The van der Waals surface area contributed by atoms with Gasteiger partial charge in [0.25, 0.3) is 0 Å². The number of amides is 1. The van der Waals surface area contributed by atoms with Gasteiger partial charge >= 0.3 is 0 Å². The van der Waals surface area contributed by atoms with E-state index in [1.54, 1.807) is 11.8 Å². The van der Waals surface area contributed by atoms with Gasteiger partial charge in [-0.15, -0.1) is 11.8 Å². The highest BCUT2D eigenvalue weighted by Gasteiger charge is 2.31. The zero-order valence-electron chi connectivity index (χ0n) is 13.8. The summed E-state index contributed by atoms with van der Waals surface area (Å²) in [7, 11) is 0. The summed E-state index contributed by atoms with van der Waals surface area (Å²) in [5, 5.41) is 8.85. The average Bonchev–Trinajstić information content (AvgIpc) is 3.06. The number of nitriles is 1. The average molecular weight is 345 g/mol. The van der Waals surface area contributed by atoms with Crippen LogP contribution in [0, 0.1) is 11.3 Å². The van der Waals surface area contributed by atoms with Crippen LogP contribution in [0.15, 0.2) is 29.2 Å². The van der Waals surface area contributed by atoms with E-state index in [4.69, 9.17) is 10.00 Å². The van der Waals surface area contributed by atoms with Crippen molar-refractivity contribution in [2.75, 3.05) is 45.9 Å². The monoisotopic (exact) mass is 345 g/mol. The van der Waals surface area contributed by atoms with E-state index in [0.29, 0.717) is 19.5 Å². The van der Waals surface area contributed by atoms with Crippen LogP contribution in [-0.2, 0) is 16.0 Å². The highest BCUT2D eigenvalue weighted by atomic mass is 32.2. The van der Waals surface area contributed by atoms with Crippen molar-refractivity contribution in [1.82, 2.24) is 9.80 Å². The molecule has 0 aliphatic carbocycles. The lowest BCUT2D eigenvalue weighted by molar-refractivity contribution is -0.130. The molecule has 1 aromatic rings. The molecule has 0 saturated carbocycles. The number of hydrogen-bond donors (Lipinski definition) is 0. The van der Waals surface area contributed by atoms with Crippen LogP contribution in [0.3, 0.4) is 0 Å². The molecule has 128 valence electrons. The van der Waals surface area contributed by atoms with E-state index in [9.17, 15) is 4.79 Å². The van der Waals surface area contributed by atoms with Gasteiger partial charge in [0, 0.05) is 37.6 Å². The molecule has 1 atom stereocenters. The molecule has 5 nitrogen and oxygen atoms in total. The Labute approximate surface area is 147 Å². The lowest BCUT2D eigenvalue weighted by atomic mass is 10.1. The van der Waals surface area contributed by atoms with Gasteiger partial charge in [0.15, 0.2) is 0 Å². The summed E-state index contributed by atoms with van der Waals surface area (Å²) in [6.07, 6.45) is 1.18. The second kappa shape index (κ2) is 8.52. The van der Waals surface area contributed by atoms with Crippen LogP contribution < -0.4 is 0 Å². The van der Waals surface area contributed by atoms with Gasteiger partial charge in [-0.1, -0.05) is 18.2 Å². The highest BCUT2D eigenvalue weighted by molar-refractivity contribution is 8.01. The molecule has 0 spiro atoms. The third-order valence-electron chi connectivity index (χ3n) is 4.52. The summed E-state index contributed by atoms with van der Waals surface area (Å²) in [4.78, 5) is 18.4. The van der Waals surface area contributed by atoms with Crippen molar-refractivity contribution in [3.05, 3.63) is 29.8 Å². The maximum absolute atomic E-state index is 12.9. The predicted octanol–water partition coefficient (Wildman–Crippen LogP) is 1.78. The van der Waals surface area contributed by atoms with Gasteiger partial charge in [-0.3, -0.25) is 9.69 Å². The molecule has 0 aromatic heterocycles. The van der Waals surface area contributed by atoms with Gasteiger partial charge in [0.2, 0.25) is 5.91 Å². The second-order valence-corrected chi connectivity index (χ2v) is 7.35. The number of carbonyl (C=O) groups is 1. The Morgan fingerprint density at radius 1 is 1.33 bits per heavy atom. The Balaban J connectivity index is 1.58. The molecule has 2 heterocycles. The zero-order chi connectivity index (χ0) is 16.8. The van der Waals surface area contributed by atoms with Gasteiger partial charge < -0.3 is 9.64 Å². The number of rotatable bonds is 6. The quantitative estimate of drug-likeness (QED) is 0.787. The summed E-state index contributed by atoms with van der Waals surface area (Å²) in [5.74, 6) is 0.166. The first-order valence-electron chi connectivity index (χ1n) is 8.48. The fraction of sp³-hybridized carbons (Fsp3) is 0.556. The lowest BCUT2D eigenvalue weighted by Crippen LogP contribution is -2.45. The Bertz CT molecular complexity index is 586. The van der Waals surface area contributed by atoms with Crippen molar-refractivity contribution in [2.24, 2.45) is 0 Å². The summed E-state index contributed by atoms with van der Waals surface area (Å²) >= 11 is 1.66. The number of nitrogens with zero attached hydrogens (tertiary/aromatic N) is 3. The Morgan fingerprint density at radius 3 is 2.88 bits per heavy atom. The van der Waals surface area contributed by atoms with E-state index in [2.05, 4.69) is 23.1 Å². The summed E-state index contributed by atoms with van der Waals surface area (Å²) in [6.45, 7) is 5.43. The lowest BCUT2D eigenvalue weighted by Gasteiger charge is -2.30. The molecular formula is C18H23N3O2S. The number of benzene rings is 1. The van der Waals surface area contributed by atoms with Crippen LogP contribution in [0.25, 0.3) is 0 Å². The second-order valence-electron chi connectivity index (χ2n) is 6.11. The van der Waals surface area contributed by atoms with Crippen molar-refractivity contribution in [3.8, 4) is 6.07 Å². The van der Waals surface area contributed by atoms with Crippen LogP contribution in [0.5, 0.6) is 0 Å². The first-order valence-corrected chi connectivity index (χ1v) is 9.36. The van der Waals surface area contributed by atoms with Crippen LogP contribution >= 0.6 is 11.8 Å². The zero-order valence-corrected chi connectivity index (χ0v) is 14.6. The molecule has 0 unspecified atom stereocenters. The number of fused-ring (bicyclic) bond motifs is 1. The normalized spacial score (nSPS) is 20.4. The van der Waals surface area contributed by atoms with E-state index in [1.807, 2.05) is 17.0 Å². The summed E-state index contributed by atoms with van der Waals surface area (Å²) < 4.78 is 5.37. The van der Waals surface area contributed by atoms with Crippen molar-refractivity contribution < 1.29 is 9.53 Å². The van der Waals surface area contributed by atoms with Gasteiger partial charge in [-0.25, -0.2) is 0 Å². The minimum Gasteiger partial charge on any atom is -0.379 e. The SMILES string of the molecule is N#CCCN(CCN1CCOCC1)C(=O)[C@H]1Cc2ccccc2S1. The van der Waals surface area contributed by atoms with E-state index < -0.39 is 0 Å². The molecule has 24 heavy (non-hydrogen) atoms. The largest absolute Gasteiger partial charge is 0.379 e. The van der Waals surface area contributed by atoms with Gasteiger partial charge in [-0.05, 0) is 18.1 Å². The first kappa shape index (κ1) is 17.3. The fourth-order valence-electron chi connectivity index (χ4n) is 3.13. The third kappa shape index (κ3) is 4.29. The van der Waals surface area contributed by atoms with Crippen LogP contribution in [0.1, 0.15) is 12.0 Å². The first-order chi connectivity index (χ1) is 11.8. The Kier molecular flexibility index (Phi) is 6.13. The smallest absolute Gasteiger partial charge is 0.236 e. The maximum Gasteiger partial charge on any atom is 0.236 e.